The van der Waals surface area contributed by atoms with Gasteiger partial charge in [0.15, 0.2) is 0 Å². The lowest BCUT2D eigenvalue weighted by atomic mass is 9.92. The molecule has 1 aromatic heterocycles. The predicted octanol–water partition coefficient (Wildman–Crippen LogP) is 2.67. The number of rotatable bonds is 1. The van der Waals surface area contributed by atoms with Crippen molar-refractivity contribution in [3.63, 3.8) is 0 Å². The van der Waals surface area contributed by atoms with Gasteiger partial charge in [0.25, 0.3) is 0 Å². The van der Waals surface area contributed by atoms with Crippen LogP contribution >= 0.6 is 22.6 Å². The van der Waals surface area contributed by atoms with E-state index in [4.69, 9.17) is 0 Å². The topological polar surface area (TPSA) is 25.8 Å². The summed E-state index contributed by atoms with van der Waals surface area (Å²) < 4.78 is 1.02. The van der Waals surface area contributed by atoms with Crippen LogP contribution in [-0.2, 0) is 6.42 Å². The Hall–Kier alpha value is -0.190. The summed E-state index contributed by atoms with van der Waals surface area (Å²) in [5.41, 5.74) is 0.268. The van der Waals surface area contributed by atoms with Gasteiger partial charge in [-0.05, 0) is 34.1 Å². The molecule has 0 saturated carbocycles. The highest BCUT2D eigenvalue weighted by Crippen LogP contribution is 2.18. The Morgan fingerprint density at radius 1 is 1.42 bits per heavy atom. The number of hydrogen-bond acceptors (Lipinski definition) is 2. The summed E-state index contributed by atoms with van der Waals surface area (Å²) in [7, 11) is 0. The summed E-state index contributed by atoms with van der Waals surface area (Å²) in [6, 6.07) is 1.91. The van der Waals surface area contributed by atoms with Crippen molar-refractivity contribution >= 4 is 22.6 Å². The fraction of sp³-hybridized carbons (Fsp3) is 0.556. The van der Waals surface area contributed by atoms with E-state index < -0.39 is 0 Å². The molecule has 0 spiro atoms. The van der Waals surface area contributed by atoms with Gasteiger partial charge in [-0.15, -0.1) is 0 Å². The van der Waals surface area contributed by atoms with Crippen LogP contribution in [0.3, 0.4) is 0 Å². The third kappa shape index (κ3) is 3.47. The molecule has 0 aliphatic heterocycles. The monoisotopic (exact) mass is 276 g/mol. The molecule has 0 aliphatic rings. The smallest absolute Gasteiger partial charge is 0.130 e. The molecule has 2 nitrogen and oxygen atoms in total. The second-order valence-corrected chi connectivity index (χ2v) is 5.14. The van der Waals surface area contributed by atoms with Crippen molar-refractivity contribution in [1.82, 2.24) is 9.97 Å². The maximum Gasteiger partial charge on any atom is 0.130 e. The molecular weight excluding hydrogens is 263 g/mol. The van der Waals surface area contributed by atoms with Crippen LogP contribution in [0.25, 0.3) is 0 Å². The molecular formula is C9H13IN2. The quantitative estimate of drug-likeness (QED) is 0.582. The molecule has 0 N–H and O–H groups in total. The van der Waals surface area contributed by atoms with Crippen LogP contribution in [0.1, 0.15) is 26.6 Å². The fourth-order valence-electron chi connectivity index (χ4n) is 0.934. The van der Waals surface area contributed by atoms with E-state index in [2.05, 4.69) is 53.3 Å². The van der Waals surface area contributed by atoms with Crippen LogP contribution in [0.15, 0.2) is 12.3 Å². The Balaban J connectivity index is 2.77. The van der Waals surface area contributed by atoms with E-state index in [1.807, 2.05) is 12.3 Å². The first kappa shape index (κ1) is 9.89. The summed E-state index contributed by atoms with van der Waals surface area (Å²) in [5.74, 6) is 0.939. The second kappa shape index (κ2) is 3.68. The first-order chi connectivity index (χ1) is 5.47. The van der Waals surface area contributed by atoms with E-state index in [-0.39, 0.29) is 5.41 Å². The third-order valence-electron chi connectivity index (χ3n) is 1.36. The minimum absolute atomic E-state index is 0.268. The molecule has 1 rings (SSSR count). The van der Waals surface area contributed by atoms with Crippen LogP contribution < -0.4 is 0 Å². The SMILES string of the molecule is CC(C)(C)Cc1nccc(I)n1. The first-order valence-corrected chi connectivity index (χ1v) is 5.03. The molecule has 12 heavy (non-hydrogen) atoms. The van der Waals surface area contributed by atoms with Gasteiger partial charge in [0, 0.05) is 12.6 Å². The van der Waals surface area contributed by atoms with Gasteiger partial charge in [0.05, 0.1) is 0 Å². The van der Waals surface area contributed by atoms with Crippen molar-refractivity contribution in [2.45, 2.75) is 27.2 Å². The zero-order chi connectivity index (χ0) is 9.19. The molecule has 0 aliphatic carbocycles. The summed E-state index contributed by atoms with van der Waals surface area (Å²) in [5, 5.41) is 0. The number of halogens is 1. The molecule has 0 fully saturated rings. The average Bonchev–Trinajstić information content (AvgIpc) is 1.82. The highest BCUT2D eigenvalue weighted by atomic mass is 127. The van der Waals surface area contributed by atoms with E-state index in [0.29, 0.717) is 0 Å². The average molecular weight is 276 g/mol. The maximum absolute atomic E-state index is 4.33. The Kier molecular flexibility index (Phi) is 3.04. The van der Waals surface area contributed by atoms with E-state index in [0.717, 1.165) is 15.9 Å². The second-order valence-electron chi connectivity index (χ2n) is 4.03. The van der Waals surface area contributed by atoms with Crippen LogP contribution in [-0.4, -0.2) is 9.97 Å². The van der Waals surface area contributed by atoms with Crippen molar-refractivity contribution in [3.8, 4) is 0 Å². The Labute approximate surface area is 87.0 Å². The van der Waals surface area contributed by atoms with Crippen molar-refractivity contribution in [3.05, 3.63) is 21.8 Å². The van der Waals surface area contributed by atoms with Gasteiger partial charge in [-0.1, -0.05) is 20.8 Å². The lowest BCUT2D eigenvalue weighted by Crippen LogP contribution is -2.12. The van der Waals surface area contributed by atoms with Gasteiger partial charge >= 0.3 is 0 Å². The zero-order valence-corrected chi connectivity index (χ0v) is 9.79. The van der Waals surface area contributed by atoms with Crippen LogP contribution in [0.5, 0.6) is 0 Å². The van der Waals surface area contributed by atoms with E-state index in [9.17, 15) is 0 Å². The lowest BCUT2D eigenvalue weighted by Gasteiger charge is -2.16. The molecule has 1 heterocycles. The van der Waals surface area contributed by atoms with Crippen molar-refractivity contribution in [1.29, 1.82) is 0 Å². The van der Waals surface area contributed by atoms with Gasteiger partial charge in [0.1, 0.15) is 9.53 Å². The molecule has 0 saturated heterocycles. The highest BCUT2D eigenvalue weighted by molar-refractivity contribution is 14.1. The van der Waals surface area contributed by atoms with Crippen LogP contribution in [0.2, 0.25) is 0 Å². The minimum Gasteiger partial charge on any atom is -0.241 e. The molecule has 0 amide bonds. The minimum atomic E-state index is 0.268. The van der Waals surface area contributed by atoms with Gasteiger partial charge in [-0.3, -0.25) is 0 Å². The van der Waals surface area contributed by atoms with Gasteiger partial charge in [0.2, 0.25) is 0 Å². The molecule has 3 heteroatoms. The lowest BCUT2D eigenvalue weighted by molar-refractivity contribution is 0.400. The molecule has 66 valence electrons. The zero-order valence-electron chi connectivity index (χ0n) is 7.63. The standard InChI is InChI=1S/C9H13IN2/c1-9(2,3)6-8-11-5-4-7(10)12-8/h4-5H,6H2,1-3H3. The van der Waals surface area contributed by atoms with E-state index in [1.165, 1.54) is 0 Å². The molecule has 0 radical (unpaired) electrons. The van der Waals surface area contributed by atoms with Crippen molar-refractivity contribution < 1.29 is 0 Å². The Morgan fingerprint density at radius 2 is 2.08 bits per heavy atom. The molecule has 0 aromatic carbocycles. The number of aromatic nitrogens is 2. The summed E-state index contributed by atoms with van der Waals surface area (Å²) in [6.07, 6.45) is 2.75. The fourth-order valence-corrected chi connectivity index (χ4v) is 1.37. The maximum atomic E-state index is 4.33. The van der Waals surface area contributed by atoms with Crippen LogP contribution in [0.4, 0.5) is 0 Å². The first-order valence-electron chi connectivity index (χ1n) is 3.95. The van der Waals surface area contributed by atoms with Gasteiger partial charge in [-0.25, -0.2) is 9.97 Å². The van der Waals surface area contributed by atoms with Gasteiger partial charge in [-0.2, -0.15) is 0 Å². The Bertz CT molecular complexity index is 265. The predicted molar refractivity (Wildman–Crippen MR) is 57.9 cm³/mol. The van der Waals surface area contributed by atoms with E-state index in [1.54, 1.807) is 0 Å². The van der Waals surface area contributed by atoms with Crippen LogP contribution in [0, 0.1) is 9.12 Å². The molecule has 1 aromatic rings. The van der Waals surface area contributed by atoms with Gasteiger partial charge < -0.3 is 0 Å². The van der Waals surface area contributed by atoms with Crippen molar-refractivity contribution in [2.75, 3.05) is 0 Å². The van der Waals surface area contributed by atoms with E-state index >= 15 is 0 Å². The number of hydrogen-bond donors (Lipinski definition) is 0. The molecule has 0 bridgehead atoms. The third-order valence-corrected chi connectivity index (χ3v) is 1.96. The molecule has 0 unspecified atom stereocenters. The summed E-state index contributed by atoms with van der Waals surface area (Å²) >= 11 is 2.21. The number of nitrogens with zero attached hydrogens (tertiary/aromatic N) is 2. The largest absolute Gasteiger partial charge is 0.241 e. The highest BCUT2D eigenvalue weighted by Gasteiger charge is 2.12. The Morgan fingerprint density at radius 3 is 2.58 bits per heavy atom. The normalized spacial score (nSPS) is 11.7. The molecule has 0 atom stereocenters. The summed E-state index contributed by atoms with van der Waals surface area (Å²) in [4.78, 5) is 8.54. The summed E-state index contributed by atoms with van der Waals surface area (Å²) in [6.45, 7) is 6.57. The van der Waals surface area contributed by atoms with Crippen molar-refractivity contribution in [2.24, 2.45) is 5.41 Å².